The van der Waals surface area contributed by atoms with E-state index >= 15 is 0 Å². The van der Waals surface area contributed by atoms with Gasteiger partial charge < -0.3 is 5.73 Å². The van der Waals surface area contributed by atoms with E-state index in [1.165, 1.54) is 11.8 Å². The number of thiophene rings is 1. The standard InChI is InChI=1S/C12H8ClN3S2/c13-8-3-1-2-4-9(8)18-11-7-5-6-17-10(7)15-12(14)16-11/h1-6H,(H2,14,15,16). The molecule has 0 radical (unpaired) electrons. The Hall–Kier alpha value is -1.30. The summed E-state index contributed by atoms with van der Waals surface area (Å²) in [4.78, 5) is 10.3. The Kier molecular flexibility index (Phi) is 3.11. The maximum atomic E-state index is 6.15. The van der Waals surface area contributed by atoms with E-state index in [9.17, 15) is 0 Å². The lowest BCUT2D eigenvalue weighted by atomic mass is 10.4. The maximum Gasteiger partial charge on any atom is 0.222 e. The number of hydrogen-bond acceptors (Lipinski definition) is 5. The van der Waals surface area contributed by atoms with Gasteiger partial charge in [-0.1, -0.05) is 35.5 Å². The number of anilines is 1. The van der Waals surface area contributed by atoms with Crippen LogP contribution in [0.15, 0.2) is 45.6 Å². The number of fused-ring (bicyclic) bond motifs is 1. The minimum absolute atomic E-state index is 0.291. The summed E-state index contributed by atoms with van der Waals surface area (Å²) < 4.78 is 0. The molecule has 0 aliphatic carbocycles. The number of nitrogens with two attached hydrogens (primary N) is 1. The molecule has 18 heavy (non-hydrogen) atoms. The first-order valence-corrected chi connectivity index (χ1v) is 7.24. The van der Waals surface area contributed by atoms with Crippen molar-refractivity contribution in [2.75, 3.05) is 5.73 Å². The van der Waals surface area contributed by atoms with Crippen molar-refractivity contribution in [2.24, 2.45) is 0 Å². The van der Waals surface area contributed by atoms with Crippen molar-refractivity contribution in [1.29, 1.82) is 0 Å². The third kappa shape index (κ3) is 2.16. The molecule has 2 heterocycles. The second-order valence-corrected chi connectivity index (χ2v) is 5.89. The normalized spacial score (nSPS) is 10.9. The molecule has 0 amide bonds. The van der Waals surface area contributed by atoms with E-state index in [-0.39, 0.29) is 0 Å². The molecular weight excluding hydrogens is 286 g/mol. The first kappa shape index (κ1) is 11.8. The number of nitrogen functional groups attached to an aromatic ring is 1. The molecule has 3 nitrogen and oxygen atoms in total. The van der Waals surface area contributed by atoms with Crippen molar-refractivity contribution >= 4 is 50.9 Å². The van der Waals surface area contributed by atoms with Gasteiger partial charge in [0.2, 0.25) is 5.95 Å². The van der Waals surface area contributed by atoms with Crippen LogP contribution in [0.25, 0.3) is 10.2 Å². The predicted molar refractivity (Wildman–Crippen MR) is 77.4 cm³/mol. The molecule has 0 aliphatic rings. The summed E-state index contributed by atoms with van der Waals surface area (Å²) in [6.07, 6.45) is 0. The average molecular weight is 294 g/mol. The van der Waals surface area contributed by atoms with Crippen molar-refractivity contribution in [3.8, 4) is 0 Å². The van der Waals surface area contributed by atoms with Gasteiger partial charge in [-0.3, -0.25) is 0 Å². The highest BCUT2D eigenvalue weighted by molar-refractivity contribution is 7.99. The fraction of sp³-hybridized carbons (Fsp3) is 0. The fourth-order valence-electron chi connectivity index (χ4n) is 1.55. The topological polar surface area (TPSA) is 51.8 Å². The van der Waals surface area contributed by atoms with Crippen LogP contribution in [0.5, 0.6) is 0 Å². The van der Waals surface area contributed by atoms with Crippen LogP contribution in [0, 0.1) is 0 Å². The van der Waals surface area contributed by atoms with E-state index < -0.39 is 0 Å². The average Bonchev–Trinajstić information content (AvgIpc) is 2.80. The van der Waals surface area contributed by atoms with Crippen molar-refractivity contribution < 1.29 is 0 Å². The minimum Gasteiger partial charge on any atom is -0.368 e. The maximum absolute atomic E-state index is 6.15. The van der Waals surface area contributed by atoms with Crippen molar-refractivity contribution in [2.45, 2.75) is 9.92 Å². The molecule has 0 atom stereocenters. The molecule has 2 N–H and O–H groups in total. The highest BCUT2D eigenvalue weighted by atomic mass is 35.5. The first-order valence-electron chi connectivity index (χ1n) is 5.17. The van der Waals surface area contributed by atoms with Gasteiger partial charge in [0.05, 0.1) is 5.02 Å². The Morgan fingerprint density at radius 1 is 1.17 bits per heavy atom. The molecule has 0 bridgehead atoms. The van der Waals surface area contributed by atoms with Crippen LogP contribution >= 0.6 is 34.7 Å². The highest BCUT2D eigenvalue weighted by Gasteiger charge is 2.10. The Labute approximate surface area is 117 Å². The largest absolute Gasteiger partial charge is 0.368 e. The van der Waals surface area contributed by atoms with E-state index in [4.69, 9.17) is 17.3 Å². The van der Waals surface area contributed by atoms with Crippen LogP contribution in [-0.4, -0.2) is 9.97 Å². The van der Waals surface area contributed by atoms with Crippen LogP contribution in [-0.2, 0) is 0 Å². The quantitative estimate of drug-likeness (QED) is 0.723. The van der Waals surface area contributed by atoms with Gasteiger partial charge in [-0.25, -0.2) is 9.97 Å². The number of aromatic nitrogens is 2. The van der Waals surface area contributed by atoms with Gasteiger partial charge in [-0.2, -0.15) is 0 Å². The monoisotopic (exact) mass is 293 g/mol. The molecule has 3 aromatic rings. The molecule has 3 rings (SSSR count). The first-order chi connectivity index (χ1) is 8.74. The number of nitrogens with zero attached hydrogens (tertiary/aromatic N) is 2. The third-order valence-corrected chi connectivity index (χ3v) is 4.68. The van der Waals surface area contributed by atoms with Crippen molar-refractivity contribution in [3.05, 3.63) is 40.7 Å². The van der Waals surface area contributed by atoms with Crippen LogP contribution in [0.2, 0.25) is 5.02 Å². The van der Waals surface area contributed by atoms with Crippen LogP contribution in [0.1, 0.15) is 0 Å². The highest BCUT2D eigenvalue weighted by Crippen LogP contribution is 2.36. The summed E-state index contributed by atoms with van der Waals surface area (Å²) in [5.41, 5.74) is 5.71. The van der Waals surface area contributed by atoms with Crippen molar-refractivity contribution in [1.82, 2.24) is 9.97 Å². The second kappa shape index (κ2) is 4.76. The van der Waals surface area contributed by atoms with Gasteiger partial charge >= 0.3 is 0 Å². The van der Waals surface area contributed by atoms with E-state index in [2.05, 4.69) is 9.97 Å². The number of hydrogen-bond donors (Lipinski definition) is 1. The zero-order valence-electron chi connectivity index (χ0n) is 9.13. The summed E-state index contributed by atoms with van der Waals surface area (Å²) in [7, 11) is 0. The molecule has 2 aromatic heterocycles. The lowest BCUT2D eigenvalue weighted by Crippen LogP contribution is -1.95. The van der Waals surface area contributed by atoms with E-state index in [0.717, 1.165) is 20.1 Å². The molecule has 0 saturated carbocycles. The molecule has 0 fully saturated rings. The molecule has 0 saturated heterocycles. The Balaban J connectivity index is 2.10. The molecule has 0 spiro atoms. The fourth-order valence-corrected chi connectivity index (χ4v) is 3.57. The Morgan fingerprint density at radius 3 is 2.83 bits per heavy atom. The molecule has 1 aromatic carbocycles. The zero-order valence-corrected chi connectivity index (χ0v) is 11.5. The zero-order chi connectivity index (χ0) is 12.5. The molecule has 6 heteroatoms. The van der Waals surface area contributed by atoms with Gasteiger partial charge in [0.1, 0.15) is 9.86 Å². The van der Waals surface area contributed by atoms with Crippen LogP contribution < -0.4 is 5.73 Å². The smallest absolute Gasteiger partial charge is 0.222 e. The van der Waals surface area contributed by atoms with E-state index in [0.29, 0.717) is 11.0 Å². The van der Waals surface area contributed by atoms with Gasteiger partial charge in [0.25, 0.3) is 0 Å². The summed E-state index contributed by atoms with van der Waals surface area (Å²) in [5.74, 6) is 0.291. The summed E-state index contributed by atoms with van der Waals surface area (Å²) >= 11 is 9.21. The Bertz CT molecular complexity index is 711. The van der Waals surface area contributed by atoms with Gasteiger partial charge in [-0.15, -0.1) is 11.3 Å². The summed E-state index contributed by atoms with van der Waals surface area (Å²) in [6.45, 7) is 0. The second-order valence-electron chi connectivity index (χ2n) is 3.56. The van der Waals surface area contributed by atoms with Gasteiger partial charge in [0.15, 0.2) is 0 Å². The van der Waals surface area contributed by atoms with E-state index in [1.54, 1.807) is 11.3 Å². The SMILES string of the molecule is Nc1nc(Sc2ccccc2Cl)c2ccsc2n1. The summed E-state index contributed by atoms with van der Waals surface area (Å²) in [6, 6.07) is 9.67. The van der Waals surface area contributed by atoms with E-state index in [1.807, 2.05) is 35.7 Å². The Morgan fingerprint density at radius 2 is 2.00 bits per heavy atom. The van der Waals surface area contributed by atoms with Crippen LogP contribution in [0.3, 0.4) is 0 Å². The number of halogens is 1. The van der Waals surface area contributed by atoms with Crippen molar-refractivity contribution in [3.63, 3.8) is 0 Å². The van der Waals surface area contributed by atoms with Gasteiger partial charge in [-0.05, 0) is 23.6 Å². The summed E-state index contributed by atoms with van der Waals surface area (Å²) in [5, 5.41) is 4.55. The van der Waals surface area contributed by atoms with Gasteiger partial charge in [0, 0.05) is 10.3 Å². The molecule has 90 valence electrons. The minimum atomic E-state index is 0.291. The lowest BCUT2D eigenvalue weighted by molar-refractivity contribution is 1.12. The number of rotatable bonds is 2. The number of benzene rings is 1. The molecular formula is C12H8ClN3S2. The third-order valence-electron chi connectivity index (χ3n) is 2.35. The van der Waals surface area contributed by atoms with Crippen LogP contribution in [0.4, 0.5) is 5.95 Å². The lowest BCUT2D eigenvalue weighted by Gasteiger charge is -2.04. The molecule has 0 unspecified atom stereocenters. The predicted octanol–water partition coefficient (Wildman–Crippen LogP) is 4.08. The molecule has 0 aliphatic heterocycles.